The molecule has 3 aliphatic rings. The molecular formula is C74H44N6O2. The van der Waals surface area contributed by atoms with Gasteiger partial charge in [-0.05, 0) is 116 Å². The second-order valence-corrected chi connectivity index (χ2v) is 21.3. The smallest absolute Gasteiger partial charge is 0.164 e. The van der Waals surface area contributed by atoms with Crippen LogP contribution in [-0.2, 0) is 0 Å². The van der Waals surface area contributed by atoms with Gasteiger partial charge in [-0.3, -0.25) is 0 Å². The number of benzene rings is 11. The van der Waals surface area contributed by atoms with Crippen molar-refractivity contribution in [3.05, 3.63) is 288 Å². The number of aromatic nitrogens is 6. The monoisotopic (exact) mass is 1050 g/mol. The molecule has 11 aromatic carbocycles. The second-order valence-electron chi connectivity index (χ2n) is 21.3. The van der Waals surface area contributed by atoms with E-state index in [9.17, 15) is 0 Å². The van der Waals surface area contributed by atoms with Crippen LogP contribution in [0.3, 0.4) is 0 Å². The van der Waals surface area contributed by atoms with Gasteiger partial charge in [-0.1, -0.05) is 194 Å². The van der Waals surface area contributed by atoms with Crippen molar-refractivity contribution in [3.63, 3.8) is 0 Å². The summed E-state index contributed by atoms with van der Waals surface area (Å²) in [7, 11) is 0. The van der Waals surface area contributed by atoms with Crippen molar-refractivity contribution in [1.82, 2.24) is 29.9 Å². The van der Waals surface area contributed by atoms with E-state index in [2.05, 4.69) is 182 Å². The molecule has 2 unspecified atom stereocenters. The van der Waals surface area contributed by atoms with Crippen molar-refractivity contribution in [2.75, 3.05) is 0 Å². The van der Waals surface area contributed by atoms with Crippen molar-refractivity contribution in [3.8, 4) is 90.6 Å². The van der Waals surface area contributed by atoms with Crippen molar-refractivity contribution >= 4 is 43.9 Å². The molecule has 4 aromatic heterocycles. The Morgan fingerprint density at radius 2 is 0.500 bits per heavy atom. The van der Waals surface area contributed by atoms with E-state index in [1.807, 2.05) is 72.8 Å². The molecule has 0 fully saturated rings. The van der Waals surface area contributed by atoms with Gasteiger partial charge in [0.05, 0.1) is 0 Å². The van der Waals surface area contributed by atoms with E-state index in [1.54, 1.807) is 0 Å². The summed E-state index contributed by atoms with van der Waals surface area (Å²) in [6.07, 6.45) is 0. The van der Waals surface area contributed by atoms with Gasteiger partial charge >= 0.3 is 0 Å². The van der Waals surface area contributed by atoms with Crippen molar-refractivity contribution in [1.29, 1.82) is 0 Å². The highest BCUT2D eigenvalue weighted by molar-refractivity contribution is 6.07. The van der Waals surface area contributed by atoms with Gasteiger partial charge < -0.3 is 8.83 Å². The molecule has 2 atom stereocenters. The van der Waals surface area contributed by atoms with E-state index < -0.39 is 0 Å². The Kier molecular flexibility index (Phi) is 10.3. The van der Waals surface area contributed by atoms with Crippen LogP contribution < -0.4 is 0 Å². The summed E-state index contributed by atoms with van der Waals surface area (Å²) in [5, 5.41) is 4.41. The maximum atomic E-state index is 6.30. The maximum Gasteiger partial charge on any atom is 0.164 e. The Hall–Kier alpha value is -11.0. The van der Waals surface area contributed by atoms with E-state index in [-0.39, 0.29) is 11.8 Å². The first-order valence-electron chi connectivity index (χ1n) is 27.6. The summed E-state index contributed by atoms with van der Waals surface area (Å²) in [4.78, 5) is 31.3. The van der Waals surface area contributed by atoms with Gasteiger partial charge in [0.2, 0.25) is 0 Å². The molecule has 8 heteroatoms. The third-order valence-corrected chi connectivity index (χ3v) is 16.6. The molecule has 0 radical (unpaired) electrons. The third-order valence-electron chi connectivity index (χ3n) is 16.6. The Morgan fingerprint density at radius 1 is 0.195 bits per heavy atom. The molecule has 0 amide bonds. The minimum Gasteiger partial charge on any atom is -0.456 e. The van der Waals surface area contributed by atoms with E-state index >= 15 is 0 Å². The van der Waals surface area contributed by atoms with Gasteiger partial charge in [-0.2, -0.15) is 0 Å². The second kappa shape index (κ2) is 18.3. The van der Waals surface area contributed by atoms with Crippen molar-refractivity contribution < 1.29 is 8.83 Å². The highest BCUT2D eigenvalue weighted by Crippen LogP contribution is 2.57. The average molecular weight is 1050 g/mol. The molecule has 0 saturated carbocycles. The van der Waals surface area contributed by atoms with Gasteiger partial charge in [-0.15, -0.1) is 0 Å². The lowest BCUT2D eigenvalue weighted by Crippen LogP contribution is -2.27. The van der Waals surface area contributed by atoms with Crippen LogP contribution in [0.2, 0.25) is 0 Å². The molecule has 3 aliphatic carbocycles. The van der Waals surface area contributed by atoms with Crippen LogP contribution >= 0.6 is 0 Å². The maximum absolute atomic E-state index is 6.30. The first-order chi connectivity index (χ1) is 40.6. The molecule has 8 nitrogen and oxygen atoms in total. The summed E-state index contributed by atoms with van der Waals surface area (Å²) in [5.41, 5.74) is 20.8. The Balaban J connectivity index is 0.750. The van der Waals surface area contributed by atoms with Crippen LogP contribution in [0.1, 0.15) is 45.2 Å². The Bertz CT molecular complexity index is 4770. The van der Waals surface area contributed by atoms with Crippen LogP contribution in [0.5, 0.6) is 0 Å². The molecule has 0 spiro atoms. The zero-order valence-corrected chi connectivity index (χ0v) is 43.9. The predicted molar refractivity (Wildman–Crippen MR) is 326 cm³/mol. The fraction of sp³-hybridized carbons (Fsp3) is 0.0270. The summed E-state index contributed by atoms with van der Waals surface area (Å²) in [6, 6.07) is 88.9. The molecule has 82 heavy (non-hydrogen) atoms. The van der Waals surface area contributed by atoms with E-state index in [0.717, 1.165) is 99.5 Å². The van der Waals surface area contributed by atoms with Gasteiger partial charge in [-0.25, -0.2) is 29.9 Å². The van der Waals surface area contributed by atoms with Crippen molar-refractivity contribution in [2.24, 2.45) is 0 Å². The standard InChI is InChI=1S/C74H44N6O2/c1-3-15-43(16-4-1)69-75-71(49-21-13-19-45(37-49)47-29-33-55-53-23-9-11-27-63(53)81-65(55)41-47)79-73(77-69)51-31-35-59-61(39-51)67-57-25-7-8-26-58(57)68(59)62-40-52(32-36-60(62)67)74-78-70(44-17-5-2-6-18-44)76-72(80-74)50-22-14-20-46(38-50)48-30-34-56-54-24-10-12-28-64(54)82-66(56)42-48/h1-42,67-68H. The Labute approximate surface area is 470 Å². The highest BCUT2D eigenvalue weighted by Gasteiger charge is 2.41. The molecule has 0 N–H and O–H groups in total. The number of furan rings is 2. The topological polar surface area (TPSA) is 104 Å². The largest absolute Gasteiger partial charge is 0.456 e. The predicted octanol–water partition coefficient (Wildman–Crippen LogP) is 18.2. The van der Waals surface area contributed by atoms with E-state index in [1.165, 1.54) is 33.4 Å². The minimum atomic E-state index is -0.0220. The van der Waals surface area contributed by atoms with Gasteiger partial charge in [0.15, 0.2) is 34.9 Å². The third kappa shape index (κ3) is 7.53. The van der Waals surface area contributed by atoms with Crippen LogP contribution in [0.25, 0.3) is 134 Å². The first-order valence-corrected chi connectivity index (χ1v) is 27.6. The number of hydrogen-bond acceptors (Lipinski definition) is 8. The number of rotatable bonds is 8. The Morgan fingerprint density at radius 3 is 0.939 bits per heavy atom. The minimum absolute atomic E-state index is 0.0220. The molecule has 382 valence electrons. The zero-order chi connectivity index (χ0) is 53.8. The van der Waals surface area contributed by atoms with E-state index in [0.29, 0.717) is 34.9 Å². The number of hydrogen-bond donors (Lipinski definition) is 0. The van der Waals surface area contributed by atoms with Gasteiger partial charge in [0.25, 0.3) is 0 Å². The summed E-state index contributed by atoms with van der Waals surface area (Å²) in [5.74, 6) is 3.61. The van der Waals surface area contributed by atoms with E-state index in [4.69, 9.17) is 38.7 Å². The number of nitrogens with zero attached hydrogens (tertiary/aromatic N) is 6. The molecule has 18 rings (SSSR count). The van der Waals surface area contributed by atoms with Gasteiger partial charge in [0.1, 0.15) is 22.3 Å². The molecule has 4 heterocycles. The van der Waals surface area contributed by atoms with Gasteiger partial charge in [0, 0.05) is 66.8 Å². The molecular weight excluding hydrogens is 1000 g/mol. The van der Waals surface area contributed by atoms with Crippen molar-refractivity contribution in [2.45, 2.75) is 11.8 Å². The summed E-state index contributed by atoms with van der Waals surface area (Å²) in [6.45, 7) is 0. The quantitative estimate of drug-likeness (QED) is 0.148. The molecule has 15 aromatic rings. The molecule has 0 aliphatic heterocycles. The fourth-order valence-electron chi connectivity index (χ4n) is 12.7. The lowest BCUT2D eigenvalue weighted by Gasteiger charge is -2.42. The SMILES string of the molecule is c1ccc(-c2nc(-c3cccc(-c4ccc5c(c4)oc4ccccc45)c3)nc(-c3ccc4c(c3)C3c5ccccc5C4c4cc(-c5nc(-c6ccccc6)nc(-c6cccc(-c7ccc8c(c7)oc7ccccc78)c6)n5)ccc43)n2)cc1. The first kappa shape index (κ1) is 46.0. The highest BCUT2D eigenvalue weighted by atomic mass is 16.3. The average Bonchev–Trinajstić information content (AvgIpc) is 4.01. The number of fused-ring (bicyclic) bond motifs is 6. The molecule has 0 saturated heterocycles. The zero-order valence-electron chi connectivity index (χ0n) is 43.9. The van der Waals surface area contributed by atoms with Crippen LogP contribution in [-0.4, -0.2) is 29.9 Å². The lowest BCUT2D eigenvalue weighted by atomic mass is 9.61. The molecule has 2 bridgehead atoms. The summed E-state index contributed by atoms with van der Waals surface area (Å²) >= 11 is 0. The van der Waals surface area contributed by atoms with Crippen LogP contribution in [0.15, 0.2) is 264 Å². The van der Waals surface area contributed by atoms with Crippen LogP contribution in [0.4, 0.5) is 0 Å². The fourth-order valence-corrected chi connectivity index (χ4v) is 12.7. The number of para-hydroxylation sites is 2. The van der Waals surface area contributed by atoms with Crippen LogP contribution in [0, 0.1) is 0 Å². The summed E-state index contributed by atoms with van der Waals surface area (Å²) < 4.78 is 12.6. The normalized spacial score (nSPS) is 14.1. The lowest BCUT2D eigenvalue weighted by molar-refractivity contribution is 0.668.